The molecule has 3 rings (SSSR count). The molecule has 0 radical (unpaired) electrons. The fraction of sp³-hybridized carbons (Fsp3) is 0.500. The second kappa shape index (κ2) is 9.01. The van der Waals surface area contributed by atoms with Crippen LogP contribution in [-0.2, 0) is 17.9 Å². The molecule has 25 heavy (non-hydrogen) atoms. The third kappa shape index (κ3) is 5.06. The number of benzene rings is 1. The first-order chi connectivity index (χ1) is 12.3. The number of quaternary nitrogens is 1. The van der Waals surface area contributed by atoms with E-state index in [0.29, 0.717) is 5.75 Å². The Morgan fingerprint density at radius 3 is 2.68 bits per heavy atom. The van der Waals surface area contributed by atoms with Gasteiger partial charge in [-0.15, -0.1) is 10.2 Å². The van der Waals surface area contributed by atoms with E-state index in [1.807, 2.05) is 18.2 Å². The zero-order valence-corrected chi connectivity index (χ0v) is 15.5. The molecule has 0 saturated carbocycles. The summed E-state index contributed by atoms with van der Waals surface area (Å²) in [6.45, 7) is 4.06. The Balaban J connectivity index is 1.78. The minimum absolute atomic E-state index is 0.00228. The van der Waals surface area contributed by atoms with Crippen LogP contribution in [0.2, 0.25) is 0 Å². The van der Waals surface area contributed by atoms with Gasteiger partial charge in [-0.05, 0) is 24.8 Å². The summed E-state index contributed by atoms with van der Waals surface area (Å²) in [4.78, 5) is 13.2. The molecule has 1 aromatic heterocycles. The van der Waals surface area contributed by atoms with Crippen molar-refractivity contribution in [2.24, 2.45) is 0 Å². The van der Waals surface area contributed by atoms with Crippen LogP contribution >= 0.6 is 11.8 Å². The molecule has 7 heteroatoms. The number of rotatable bonds is 7. The van der Waals surface area contributed by atoms with Crippen LogP contribution in [0.25, 0.3) is 0 Å². The van der Waals surface area contributed by atoms with Crippen molar-refractivity contribution in [3.63, 3.8) is 0 Å². The zero-order chi connectivity index (χ0) is 17.5. The molecule has 2 N–H and O–H groups in total. The van der Waals surface area contributed by atoms with Gasteiger partial charge in [-0.1, -0.05) is 42.1 Å². The lowest BCUT2D eigenvalue weighted by Crippen LogP contribution is -3.11. The molecule has 2 heterocycles. The van der Waals surface area contributed by atoms with Crippen LogP contribution in [0, 0.1) is 0 Å². The Labute approximate surface area is 153 Å². The minimum Gasteiger partial charge on any atom is -0.358 e. The SMILES string of the molecule is CNC(=O)CSc1nnc(C[NH+]2CCCCC2)n1Cc1ccccc1. The van der Waals surface area contributed by atoms with Gasteiger partial charge in [-0.3, -0.25) is 9.36 Å². The number of carbonyl (C=O) groups is 1. The molecule has 2 aromatic rings. The lowest BCUT2D eigenvalue weighted by molar-refractivity contribution is -0.919. The van der Waals surface area contributed by atoms with Gasteiger partial charge < -0.3 is 10.2 Å². The van der Waals surface area contributed by atoms with Crippen molar-refractivity contribution in [1.82, 2.24) is 20.1 Å². The van der Waals surface area contributed by atoms with Gasteiger partial charge in [0.2, 0.25) is 5.91 Å². The number of hydrogen-bond donors (Lipinski definition) is 2. The van der Waals surface area contributed by atoms with Crippen molar-refractivity contribution in [3.05, 3.63) is 41.7 Å². The van der Waals surface area contributed by atoms with Crippen LogP contribution < -0.4 is 10.2 Å². The number of nitrogens with one attached hydrogen (secondary N) is 2. The first kappa shape index (κ1) is 17.9. The summed E-state index contributed by atoms with van der Waals surface area (Å²) in [5.74, 6) is 1.38. The van der Waals surface area contributed by atoms with Gasteiger partial charge in [0.05, 0.1) is 25.4 Å². The molecule has 1 amide bonds. The topological polar surface area (TPSA) is 64.2 Å². The van der Waals surface area contributed by atoms with Crippen molar-refractivity contribution in [3.8, 4) is 0 Å². The molecule has 1 saturated heterocycles. The number of carbonyl (C=O) groups excluding carboxylic acids is 1. The Morgan fingerprint density at radius 1 is 1.20 bits per heavy atom. The highest BCUT2D eigenvalue weighted by molar-refractivity contribution is 7.99. The van der Waals surface area contributed by atoms with Crippen molar-refractivity contribution >= 4 is 17.7 Å². The highest BCUT2D eigenvalue weighted by atomic mass is 32.2. The van der Waals surface area contributed by atoms with Gasteiger partial charge in [0.1, 0.15) is 6.54 Å². The number of likely N-dealkylation sites (tertiary alicyclic amines) is 1. The maximum atomic E-state index is 11.6. The molecule has 0 aliphatic carbocycles. The first-order valence-electron chi connectivity index (χ1n) is 8.89. The number of hydrogen-bond acceptors (Lipinski definition) is 4. The van der Waals surface area contributed by atoms with E-state index in [1.165, 1.54) is 49.7 Å². The fourth-order valence-electron chi connectivity index (χ4n) is 3.14. The van der Waals surface area contributed by atoms with E-state index in [-0.39, 0.29) is 5.91 Å². The third-order valence-corrected chi connectivity index (χ3v) is 5.52. The summed E-state index contributed by atoms with van der Waals surface area (Å²) in [6.07, 6.45) is 3.92. The summed E-state index contributed by atoms with van der Waals surface area (Å²) in [7, 11) is 1.66. The molecule has 0 unspecified atom stereocenters. The number of aromatic nitrogens is 3. The summed E-state index contributed by atoms with van der Waals surface area (Å²) in [6, 6.07) is 10.4. The Morgan fingerprint density at radius 2 is 1.96 bits per heavy atom. The van der Waals surface area contributed by atoms with Crippen molar-refractivity contribution < 1.29 is 9.69 Å². The van der Waals surface area contributed by atoms with Crippen LogP contribution in [0.1, 0.15) is 30.7 Å². The maximum Gasteiger partial charge on any atom is 0.230 e. The zero-order valence-electron chi connectivity index (χ0n) is 14.7. The highest BCUT2D eigenvalue weighted by Crippen LogP contribution is 2.18. The van der Waals surface area contributed by atoms with E-state index in [9.17, 15) is 4.79 Å². The van der Waals surface area contributed by atoms with Crippen molar-refractivity contribution in [2.75, 3.05) is 25.9 Å². The molecule has 6 nitrogen and oxygen atoms in total. The van der Waals surface area contributed by atoms with E-state index >= 15 is 0 Å². The standard InChI is InChI=1S/C18H25N5OS/c1-19-17(24)14-25-18-21-20-16(13-22-10-6-3-7-11-22)23(18)12-15-8-4-2-5-9-15/h2,4-5,8-9H,3,6-7,10-14H2,1H3,(H,19,24)/p+1. The molecule has 1 aliphatic heterocycles. The van der Waals surface area contributed by atoms with E-state index < -0.39 is 0 Å². The maximum absolute atomic E-state index is 11.6. The molecule has 1 aliphatic rings. The summed E-state index contributed by atoms with van der Waals surface area (Å²) in [5, 5.41) is 12.3. The van der Waals surface area contributed by atoms with Gasteiger partial charge in [0.25, 0.3) is 0 Å². The highest BCUT2D eigenvalue weighted by Gasteiger charge is 2.20. The van der Waals surface area contributed by atoms with E-state index in [2.05, 4.69) is 32.2 Å². The van der Waals surface area contributed by atoms with Gasteiger partial charge in [0, 0.05) is 7.05 Å². The predicted octanol–water partition coefficient (Wildman–Crippen LogP) is 0.733. The number of nitrogens with zero attached hydrogens (tertiary/aromatic N) is 3. The van der Waals surface area contributed by atoms with Gasteiger partial charge in [-0.25, -0.2) is 0 Å². The summed E-state index contributed by atoms with van der Waals surface area (Å²) >= 11 is 1.45. The van der Waals surface area contributed by atoms with E-state index in [0.717, 1.165) is 24.1 Å². The first-order valence-corrected chi connectivity index (χ1v) is 9.88. The molecular weight excluding hydrogens is 334 g/mol. The monoisotopic (exact) mass is 360 g/mol. The van der Waals surface area contributed by atoms with Crippen LogP contribution in [0.5, 0.6) is 0 Å². The van der Waals surface area contributed by atoms with Crippen LogP contribution in [0.4, 0.5) is 0 Å². The Bertz CT molecular complexity index is 682. The largest absolute Gasteiger partial charge is 0.358 e. The summed E-state index contributed by atoms with van der Waals surface area (Å²) < 4.78 is 2.17. The van der Waals surface area contributed by atoms with Gasteiger partial charge in [-0.2, -0.15) is 0 Å². The number of amides is 1. The minimum atomic E-state index is 0.00228. The number of thioether (sulfide) groups is 1. The second-order valence-corrected chi connectivity index (χ2v) is 7.36. The normalized spacial score (nSPS) is 15.2. The lowest BCUT2D eigenvalue weighted by atomic mass is 10.1. The second-order valence-electron chi connectivity index (χ2n) is 6.42. The van der Waals surface area contributed by atoms with Gasteiger partial charge >= 0.3 is 0 Å². The van der Waals surface area contributed by atoms with Crippen molar-refractivity contribution in [1.29, 1.82) is 0 Å². The lowest BCUT2D eigenvalue weighted by Gasteiger charge is -2.23. The van der Waals surface area contributed by atoms with E-state index in [4.69, 9.17) is 0 Å². The molecule has 1 aromatic carbocycles. The Hall–Kier alpha value is -1.86. The van der Waals surface area contributed by atoms with Crippen LogP contribution in [-0.4, -0.2) is 46.6 Å². The van der Waals surface area contributed by atoms with Crippen LogP contribution in [0.3, 0.4) is 0 Å². The Kier molecular flexibility index (Phi) is 6.47. The fourth-order valence-corrected chi connectivity index (χ4v) is 3.96. The quantitative estimate of drug-likeness (QED) is 0.715. The molecule has 1 fully saturated rings. The third-order valence-electron chi connectivity index (χ3n) is 4.56. The number of piperidine rings is 1. The van der Waals surface area contributed by atoms with Gasteiger partial charge in [0.15, 0.2) is 11.0 Å². The smallest absolute Gasteiger partial charge is 0.230 e. The molecule has 134 valence electrons. The van der Waals surface area contributed by atoms with E-state index in [1.54, 1.807) is 11.9 Å². The summed E-state index contributed by atoms with van der Waals surface area (Å²) in [5.41, 5.74) is 1.22. The predicted molar refractivity (Wildman–Crippen MR) is 98.6 cm³/mol. The molecule has 0 bridgehead atoms. The molecular formula is C18H26N5OS+. The van der Waals surface area contributed by atoms with Crippen molar-refractivity contribution in [2.45, 2.75) is 37.5 Å². The molecule has 0 spiro atoms. The average Bonchev–Trinajstić information content (AvgIpc) is 3.03. The van der Waals surface area contributed by atoms with Crippen LogP contribution in [0.15, 0.2) is 35.5 Å². The average molecular weight is 361 g/mol. The molecule has 0 atom stereocenters.